The standard InChI is InChI=1S/C17H17N3O2/c1-17(2)8-12-4-3-11(10-18)7-13(12)14(9-17)20-16(22)6-5-15(21)19-20/h3-4,7,9H,5-6,8H2,1-2H3,(H,19,21). The lowest BCUT2D eigenvalue weighted by molar-refractivity contribution is -0.142. The largest absolute Gasteiger partial charge is 0.273 e. The van der Waals surface area contributed by atoms with E-state index in [0.717, 1.165) is 17.5 Å². The molecule has 1 aliphatic carbocycles. The summed E-state index contributed by atoms with van der Waals surface area (Å²) in [6.45, 7) is 4.18. The van der Waals surface area contributed by atoms with Crippen molar-refractivity contribution in [2.45, 2.75) is 33.1 Å². The molecule has 5 nitrogen and oxygen atoms in total. The van der Waals surface area contributed by atoms with Crippen LogP contribution in [0.2, 0.25) is 0 Å². The lowest BCUT2D eigenvalue weighted by atomic mass is 9.77. The van der Waals surface area contributed by atoms with Crippen LogP contribution in [0.1, 0.15) is 43.4 Å². The summed E-state index contributed by atoms with van der Waals surface area (Å²) in [6, 6.07) is 7.62. The number of nitrogens with one attached hydrogen (secondary N) is 1. The molecule has 1 aliphatic heterocycles. The van der Waals surface area contributed by atoms with Gasteiger partial charge in [-0.15, -0.1) is 0 Å². The van der Waals surface area contributed by atoms with Crippen LogP contribution in [-0.2, 0) is 16.0 Å². The van der Waals surface area contributed by atoms with Gasteiger partial charge in [-0.3, -0.25) is 15.0 Å². The Labute approximate surface area is 129 Å². The lowest BCUT2D eigenvalue weighted by Gasteiger charge is -2.36. The number of benzene rings is 1. The van der Waals surface area contributed by atoms with E-state index in [9.17, 15) is 9.59 Å². The summed E-state index contributed by atoms with van der Waals surface area (Å²) in [5.41, 5.74) is 5.65. The molecule has 0 atom stereocenters. The van der Waals surface area contributed by atoms with E-state index in [1.807, 2.05) is 12.1 Å². The fraction of sp³-hybridized carbons (Fsp3) is 0.353. The Morgan fingerprint density at radius 1 is 1.27 bits per heavy atom. The molecule has 3 rings (SSSR count). The molecule has 0 saturated carbocycles. The number of fused-ring (bicyclic) bond motifs is 1. The maximum atomic E-state index is 12.2. The Kier molecular flexibility index (Phi) is 3.25. The monoisotopic (exact) mass is 295 g/mol. The number of nitrogens with zero attached hydrogens (tertiary/aromatic N) is 2. The van der Waals surface area contributed by atoms with Crippen LogP contribution >= 0.6 is 0 Å². The fourth-order valence-electron chi connectivity index (χ4n) is 2.98. The zero-order chi connectivity index (χ0) is 15.9. The highest BCUT2D eigenvalue weighted by molar-refractivity contribution is 5.95. The predicted molar refractivity (Wildman–Crippen MR) is 80.8 cm³/mol. The van der Waals surface area contributed by atoms with Gasteiger partial charge in [0.15, 0.2) is 0 Å². The highest BCUT2D eigenvalue weighted by Gasteiger charge is 2.33. The van der Waals surface area contributed by atoms with Gasteiger partial charge in [-0.05, 0) is 29.5 Å². The average molecular weight is 295 g/mol. The zero-order valence-electron chi connectivity index (χ0n) is 12.6. The Balaban J connectivity index is 2.12. The maximum absolute atomic E-state index is 12.2. The molecule has 1 fully saturated rings. The van der Waals surface area contributed by atoms with Crippen LogP contribution in [0.25, 0.3) is 5.70 Å². The first kappa shape index (κ1) is 14.3. The van der Waals surface area contributed by atoms with Crippen molar-refractivity contribution < 1.29 is 9.59 Å². The molecule has 5 heteroatoms. The first-order chi connectivity index (χ1) is 10.4. The van der Waals surface area contributed by atoms with Crippen LogP contribution in [0.3, 0.4) is 0 Å². The van der Waals surface area contributed by atoms with Gasteiger partial charge in [0.25, 0.3) is 0 Å². The number of allylic oxidation sites excluding steroid dienone is 1. The van der Waals surface area contributed by atoms with Gasteiger partial charge in [0.05, 0.1) is 17.3 Å². The normalized spacial score (nSPS) is 19.9. The van der Waals surface area contributed by atoms with Crippen molar-refractivity contribution in [3.8, 4) is 6.07 Å². The molecule has 1 N–H and O–H groups in total. The molecule has 22 heavy (non-hydrogen) atoms. The topological polar surface area (TPSA) is 73.2 Å². The second-order valence-electron chi connectivity index (χ2n) is 6.44. The Bertz CT molecular complexity index is 741. The smallest absolute Gasteiger partial charge is 0.246 e. The van der Waals surface area contributed by atoms with Crippen LogP contribution in [0.4, 0.5) is 0 Å². The van der Waals surface area contributed by atoms with Crippen molar-refractivity contribution in [2.75, 3.05) is 0 Å². The predicted octanol–water partition coefficient (Wildman–Crippen LogP) is 2.14. The van der Waals surface area contributed by atoms with E-state index in [-0.39, 0.29) is 30.1 Å². The van der Waals surface area contributed by atoms with Crippen molar-refractivity contribution in [2.24, 2.45) is 5.41 Å². The van der Waals surface area contributed by atoms with Crippen LogP contribution in [0, 0.1) is 16.7 Å². The third-order valence-electron chi connectivity index (χ3n) is 3.98. The molecule has 112 valence electrons. The number of hydrazine groups is 1. The third kappa shape index (κ3) is 2.48. The molecule has 0 aromatic heterocycles. The highest BCUT2D eigenvalue weighted by atomic mass is 16.2. The van der Waals surface area contributed by atoms with E-state index < -0.39 is 0 Å². The van der Waals surface area contributed by atoms with Crippen molar-refractivity contribution >= 4 is 17.5 Å². The van der Waals surface area contributed by atoms with E-state index in [4.69, 9.17) is 5.26 Å². The molecule has 0 bridgehead atoms. The van der Waals surface area contributed by atoms with E-state index >= 15 is 0 Å². The van der Waals surface area contributed by atoms with Crippen molar-refractivity contribution in [1.82, 2.24) is 10.4 Å². The summed E-state index contributed by atoms with van der Waals surface area (Å²) in [5, 5.41) is 10.5. The molecular weight excluding hydrogens is 278 g/mol. The molecule has 1 aromatic carbocycles. The van der Waals surface area contributed by atoms with Crippen LogP contribution < -0.4 is 5.43 Å². The molecule has 0 unspecified atom stereocenters. The minimum Gasteiger partial charge on any atom is -0.273 e. The zero-order valence-corrected chi connectivity index (χ0v) is 12.6. The number of carbonyl (C=O) groups excluding carboxylic acids is 2. The van der Waals surface area contributed by atoms with Gasteiger partial charge in [-0.2, -0.15) is 5.26 Å². The lowest BCUT2D eigenvalue weighted by Crippen LogP contribution is -2.49. The van der Waals surface area contributed by atoms with Gasteiger partial charge in [0.2, 0.25) is 11.8 Å². The summed E-state index contributed by atoms with van der Waals surface area (Å²) in [4.78, 5) is 23.9. The van der Waals surface area contributed by atoms with E-state index in [1.54, 1.807) is 12.1 Å². The molecule has 1 heterocycles. The summed E-state index contributed by atoms with van der Waals surface area (Å²) < 4.78 is 0. The maximum Gasteiger partial charge on any atom is 0.246 e. The first-order valence-electron chi connectivity index (χ1n) is 7.28. The molecular formula is C17H17N3O2. The number of hydrogen-bond donors (Lipinski definition) is 1. The summed E-state index contributed by atoms with van der Waals surface area (Å²) >= 11 is 0. The number of rotatable bonds is 1. The van der Waals surface area contributed by atoms with Gasteiger partial charge >= 0.3 is 0 Å². The molecule has 1 saturated heterocycles. The summed E-state index contributed by atoms with van der Waals surface area (Å²) in [5.74, 6) is -0.293. The highest BCUT2D eigenvalue weighted by Crippen LogP contribution is 2.38. The SMILES string of the molecule is CC1(C)C=C(N2NC(=O)CCC2=O)c2cc(C#N)ccc2C1. The van der Waals surface area contributed by atoms with Gasteiger partial charge in [0, 0.05) is 18.4 Å². The van der Waals surface area contributed by atoms with Gasteiger partial charge in [-0.25, -0.2) is 5.01 Å². The van der Waals surface area contributed by atoms with Crippen molar-refractivity contribution in [3.63, 3.8) is 0 Å². The molecule has 2 aliphatic rings. The molecule has 0 radical (unpaired) electrons. The Hall–Kier alpha value is -2.61. The fourth-order valence-corrected chi connectivity index (χ4v) is 2.98. The Morgan fingerprint density at radius 2 is 2.05 bits per heavy atom. The molecule has 2 amide bonds. The van der Waals surface area contributed by atoms with Crippen molar-refractivity contribution in [1.29, 1.82) is 5.26 Å². The average Bonchev–Trinajstić information content (AvgIpc) is 2.47. The number of carbonyl (C=O) groups is 2. The van der Waals surface area contributed by atoms with Crippen LogP contribution in [0.5, 0.6) is 0 Å². The van der Waals surface area contributed by atoms with Gasteiger partial charge in [0.1, 0.15) is 0 Å². The Morgan fingerprint density at radius 3 is 2.77 bits per heavy atom. The van der Waals surface area contributed by atoms with E-state index in [0.29, 0.717) is 11.3 Å². The number of hydrogen-bond acceptors (Lipinski definition) is 3. The second kappa shape index (κ2) is 4.99. The van der Waals surface area contributed by atoms with Crippen LogP contribution in [-0.4, -0.2) is 16.8 Å². The van der Waals surface area contributed by atoms with E-state index in [1.165, 1.54) is 5.01 Å². The van der Waals surface area contributed by atoms with Crippen molar-refractivity contribution in [3.05, 3.63) is 41.0 Å². The number of amides is 2. The molecule has 1 aromatic rings. The molecule has 0 spiro atoms. The quantitative estimate of drug-likeness (QED) is 0.862. The minimum absolute atomic E-state index is 0.126. The summed E-state index contributed by atoms with van der Waals surface area (Å²) in [7, 11) is 0. The van der Waals surface area contributed by atoms with Gasteiger partial charge in [-0.1, -0.05) is 26.0 Å². The first-order valence-corrected chi connectivity index (χ1v) is 7.28. The minimum atomic E-state index is -0.165. The van der Waals surface area contributed by atoms with Crippen LogP contribution in [0.15, 0.2) is 24.3 Å². The summed E-state index contributed by atoms with van der Waals surface area (Å²) in [6.07, 6.45) is 3.25. The second-order valence-corrected chi connectivity index (χ2v) is 6.44. The third-order valence-corrected chi connectivity index (χ3v) is 3.98. The van der Waals surface area contributed by atoms with E-state index in [2.05, 4.69) is 25.3 Å². The van der Waals surface area contributed by atoms with Gasteiger partial charge < -0.3 is 0 Å². The number of nitriles is 1.